The van der Waals surface area contributed by atoms with E-state index >= 15 is 0 Å². The summed E-state index contributed by atoms with van der Waals surface area (Å²) in [6.07, 6.45) is 1.15. The maximum atomic E-state index is 14.2. The first-order valence-corrected chi connectivity index (χ1v) is 30.1. The Morgan fingerprint density at radius 3 is 1.26 bits per heavy atom. The Morgan fingerprint density at radius 1 is 0.473 bits per heavy atom. The zero-order valence-electron chi connectivity index (χ0n) is 52.4. The molecule has 12 atom stereocenters. The van der Waals surface area contributed by atoms with Crippen LogP contribution in [-0.2, 0) is 62.3 Å². The largest absolute Gasteiger partial charge is 0.480 e. The van der Waals surface area contributed by atoms with Crippen molar-refractivity contribution in [1.29, 1.82) is 10.8 Å². The van der Waals surface area contributed by atoms with E-state index in [9.17, 15) is 82.8 Å². The summed E-state index contributed by atoms with van der Waals surface area (Å²) in [5.74, 6) is -14.3. The summed E-state index contributed by atoms with van der Waals surface area (Å²) < 4.78 is 0. The quantitative estimate of drug-likeness (QED) is 0.0153. The normalized spacial score (nSPS) is 16.3. The van der Waals surface area contributed by atoms with Gasteiger partial charge in [0.25, 0.3) is 0 Å². The zero-order chi connectivity index (χ0) is 69.1. The average molecular weight is 1300 g/mol. The van der Waals surface area contributed by atoms with Crippen molar-refractivity contribution in [3.05, 3.63) is 0 Å². The van der Waals surface area contributed by atoms with Crippen LogP contribution in [0.3, 0.4) is 0 Å². The Labute approximate surface area is 527 Å². The smallest absolute Gasteiger partial charge is 0.326 e. The number of carbonyl (C=O) groups is 13. The second-order valence-electron chi connectivity index (χ2n) is 22.6. The van der Waals surface area contributed by atoms with Crippen molar-refractivity contribution in [2.45, 2.75) is 191 Å². The molecule has 1 aliphatic rings. The van der Waals surface area contributed by atoms with Crippen LogP contribution in [0.5, 0.6) is 0 Å². The highest BCUT2D eigenvalue weighted by atomic mass is 16.4. The molecule has 0 bridgehead atoms. The van der Waals surface area contributed by atoms with E-state index < -0.39 is 182 Å². The highest BCUT2D eigenvalue weighted by Crippen LogP contribution is 2.12. The first kappa shape index (κ1) is 80.5. The van der Waals surface area contributed by atoms with Gasteiger partial charge in [0, 0.05) is 19.5 Å². The molecular formula is C54H98N20O17. The fraction of sp³-hybridized carbons (Fsp3) is 0.722. The van der Waals surface area contributed by atoms with E-state index in [1.165, 1.54) is 13.8 Å². The number of primary amides is 1. The number of guanidine groups is 2. The minimum absolute atomic E-state index is 0.0117. The lowest BCUT2D eigenvalue weighted by Gasteiger charge is -2.28. The van der Waals surface area contributed by atoms with Gasteiger partial charge in [-0.15, -0.1) is 0 Å². The molecule has 12 amide bonds. The first-order valence-electron chi connectivity index (χ1n) is 30.1. The topological polar surface area (TPSA) is 623 Å². The number of aliphatic carboxylic acids is 1. The molecule has 1 aliphatic heterocycles. The Kier molecular flexibility index (Phi) is 37.5. The van der Waals surface area contributed by atoms with E-state index in [-0.39, 0.29) is 88.8 Å². The van der Waals surface area contributed by atoms with Crippen LogP contribution >= 0.6 is 0 Å². The number of amides is 12. The molecule has 0 unspecified atom stereocenters. The lowest BCUT2D eigenvalue weighted by Crippen LogP contribution is -2.62. The zero-order valence-corrected chi connectivity index (χ0v) is 52.4. The lowest BCUT2D eigenvalue weighted by atomic mass is 10.0. The molecular weight excluding hydrogens is 1200 g/mol. The van der Waals surface area contributed by atoms with Gasteiger partial charge in [-0.25, -0.2) is 4.79 Å². The van der Waals surface area contributed by atoms with Crippen molar-refractivity contribution in [3.63, 3.8) is 0 Å². The molecule has 0 saturated carbocycles. The Bertz CT molecular complexity index is 2490. The average Bonchev–Trinajstić information content (AvgIpc) is 2.83. The SMILES string of the molecule is CC(C)C[C@H](NC(=O)[C@@H]1CCCN1)C(=O)N[C@@H](C)C(=O)N[C@@H](CCC(N)=O)C(=O)N[C@@H](C)C(=O)N[C@H](C(=O)N[C@@H](CCCCN)C(=O)N[C@@H](CCCNC(=N)N)C(=O)N[C@@H](CO)C(=O)N[C@@H](CO)C(=O)N[C@@H](CO)C(=O)N[C@@H](CCCNC(=N)N)C(=O)O)C(C)C. The second-order valence-corrected chi connectivity index (χ2v) is 22.6. The van der Waals surface area contributed by atoms with Crippen molar-refractivity contribution in [3.8, 4) is 0 Å². The van der Waals surface area contributed by atoms with Crippen LogP contribution in [0.15, 0.2) is 0 Å². The molecule has 0 radical (unpaired) electrons. The predicted molar refractivity (Wildman–Crippen MR) is 326 cm³/mol. The van der Waals surface area contributed by atoms with Gasteiger partial charge < -0.3 is 118 Å². The fourth-order valence-corrected chi connectivity index (χ4v) is 8.86. The number of hydrogen-bond acceptors (Lipinski definition) is 20. The van der Waals surface area contributed by atoms with E-state index in [4.69, 9.17) is 33.8 Å². The number of carboxylic acids is 1. The summed E-state index contributed by atoms with van der Waals surface area (Å²) in [6.45, 7) is 6.93. The van der Waals surface area contributed by atoms with E-state index in [2.05, 4.69) is 74.4 Å². The molecule has 37 nitrogen and oxygen atoms in total. The molecule has 1 saturated heterocycles. The number of carbonyl (C=O) groups excluding carboxylic acids is 12. The maximum Gasteiger partial charge on any atom is 0.326 e. The lowest BCUT2D eigenvalue weighted by molar-refractivity contribution is -0.143. The number of hydrogen-bond donors (Lipinski definition) is 24. The molecule has 0 aromatic carbocycles. The second kappa shape index (κ2) is 42.4. The number of carboxylic acid groups (broad SMARTS) is 1. The summed E-state index contributed by atoms with van der Waals surface area (Å²) in [5.41, 5.74) is 21.7. The first-order chi connectivity index (χ1) is 42.8. The molecule has 28 N–H and O–H groups in total. The van der Waals surface area contributed by atoms with Crippen LogP contribution in [0.4, 0.5) is 0 Å². The Hall–Kier alpha value is -8.55. The van der Waals surface area contributed by atoms with Gasteiger partial charge in [-0.05, 0) is 109 Å². The third kappa shape index (κ3) is 31.2. The predicted octanol–water partition coefficient (Wildman–Crippen LogP) is -9.20. The summed E-state index contributed by atoms with van der Waals surface area (Å²) >= 11 is 0. The minimum Gasteiger partial charge on any atom is -0.480 e. The van der Waals surface area contributed by atoms with Gasteiger partial charge >= 0.3 is 5.97 Å². The molecule has 0 aliphatic carbocycles. The van der Waals surface area contributed by atoms with Gasteiger partial charge in [-0.1, -0.05) is 27.7 Å². The third-order valence-corrected chi connectivity index (χ3v) is 14.0. The number of rotatable bonds is 44. The monoisotopic (exact) mass is 1300 g/mol. The van der Waals surface area contributed by atoms with Crippen LogP contribution in [0.25, 0.3) is 0 Å². The van der Waals surface area contributed by atoms with Crippen LogP contribution in [0.2, 0.25) is 0 Å². The summed E-state index contributed by atoms with van der Waals surface area (Å²) in [5, 5.41) is 89.0. The number of aliphatic hydroxyl groups is 3. The number of aliphatic hydroxyl groups excluding tert-OH is 3. The highest BCUT2D eigenvalue weighted by Gasteiger charge is 2.37. The minimum atomic E-state index is -1.90. The summed E-state index contributed by atoms with van der Waals surface area (Å²) in [6, 6.07) is -17.2. The molecule has 0 aromatic rings. The van der Waals surface area contributed by atoms with E-state index in [1.54, 1.807) is 13.8 Å². The van der Waals surface area contributed by atoms with Crippen molar-refractivity contribution in [2.75, 3.05) is 46.0 Å². The standard InChI is InChI=1S/C54H98N20O17/c1-26(2)22-35(70-43(81)30-13-9-19-61-30)47(85)65-28(5)41(79)66-33(16-17-39(56)78)44(82)64-29(6)42(80)74-40(27(3)4)51(89)68-31(12-7-8-18-55)45(83)67-32(14-10-20-62-53(57)58)46(84)71-37(24-76)49(87)73-38(25-77)50(88)72-36(23-75)48(86)69-34(52(90)91)15-11-21-63-54(59)60/h26-38,40,61,75-77H,7-25,55H2,1-6H3,(H2,56,78)(H,64,82)(H,65,85)(H,66,79)(H,67,83)(H,68,89)(H,69,86)(H,70,81)(H,71,84)(H,72,88)(H,73,87)(H,74,80)(H,90,91)(H4,57,58,62)(H4,59,60,63)/t28-,29-,30-,31-,32-,33-,34-,35-,36-,37-,38-,40-/m0/s1. The van der Waals surface area contributed by atoms with Gasteiger partial charge in [-0.2, -0.15) is 0 Å². The molecule has 1 heterocycles. The summed E-state index contributed by atoms with van der Waals surface area (Å²) in [7, 11) is 0. The molecule has 0 aromatic heterocycles. The van der Waals surface area contributed by atoms with Crippen molar-refractivity contribution < 1.29 is 82.8 Å². The van der Waals surface area contributed by atoms with Gasteiger partial charge in [0.05, 0.1) is 25.9 Å². The van der Waals surface area contributed by atoms with Crippen molar-refractivity contribution in [1.82, 2.24) is 74.4 Å². The molecule has 0 spiro atoms. The molecule has 91 heavy (non-hydrogen) atoms. The molecule has 1 rings (SSSR count). The Morgan fingerprint density at radius 2 is 0.857 bits per heavy atom. The van der Waals surface area contributed by atoms with Crippen LogP contribution in [0, 0.1) is 22.7 Å². The number of nitrogens with two attached hydrogens (primary N) is 4. The number of unbranched alkanes of at least 4 members (excludes halogenated alkanes) is 1. The third-order valence-electron chi connectivity index (χ3n) is 14.0. The van der Waals surface area contributed by atoms with Crippen LogP contribution < -0.4 is 97.4 Å². The van der Waals surface area contributed by atoms with Crippen LogP contribution in [0.1, 0.15) is 119 Å². The van der Waals surface area contributed by atoms with Gasteiger partial charge in [0.15, 0.2) is 11.9 Å². The van der Waals surface area contributed by atoms with E-state index in [0.29, 0.717) is 19.4 Å². The number of nitrogens with one attached hydrogen (secondary N) is 16. The fourth-order valence-electron chi connectivity index (χ4n) is 8.86. The Balaban J connectivity index is 3.30. The van der Waals surface area contributed by atoms with Gasteiger partial charge in [-0.3, -0.25) is 68.4 Å². The van der Waals surface area contributed by atoms with E-state index in [1.807, 2.05) is 13.8 Å². The highest BCUT2D eigenvalue weighted by molar-refractivity contribution is 5.99. The van der Waals surface area contributed by atoms with Crippen molar-refractivity contribution in [2.24, 2.45) is 34.8 Å². The maximum absolute atomic E-state index is 14.2. The van der Waals surface area contributed by atoms with Crippen LogP contribution in [-0.4, -0.2) is 228 Å². The van der Waals surface area contributed by atoms with Gasteiger partial charge in [0.1, 0.15) is 66.5 Å². The van der Waals surface area contributed by atoms with Gasteiger partial charge in [0.2, 0.25) is 70.9 Å². The molecule has 516 valence electrons. The van der Waals surface area contributed by atoms with E-state index in [0.717, 1.165) is 6.42 Å². The molecule has 1 fully saturated rings. The summed E-state index contributed by atoms with van der Waals surface area (Å²) in [4.78, 5) is 173. The van der Waals surface area contributed by atoms with Crippen molar-refractivity contribution >= 4 is 88.8 Å². The molecule has 37 heteroatoms.